The van der Waals surface area contributed by atoms with Crippen molar-refractivity contribution in [1.82, 2.24) is 0 Å². The first-order valence-corrected chi connectivity index (χ1v) is 6.58. The maximum absolute atomic E-state index is 13.9. The van der Waals surface area contributed by atoms with Crippen molar-refractivity contribution in [3.63, 3.8) is 0 Å². The zero-order valence-corrected chi connectivity index (χ0v) is 12.0. The third-order valence-corrected chi connectivity index (χ3v) is 3.83. The molecule has 0 bridgehead atoms. The Morgan fingerprint density at radius 1 is 1.00 bits per heavy atom. The van der Waals surface area contributed by atoms with Crippen molar-refractivity contribution in [1.29, 1.82) is 0 Å². The molecule has 1 unspecified atom stereocenters. The monoisotopic (exact) mass is 300 g/mol. The summed E-state index contributed by atoms with van der Waals surface area (Å²) in [5.74, 6) is -0.794. The number of benzene rings is 2. The predicted octanol–water partition coefficient (Wildman–Crippen LogP) is 5.56. The van der Waals surface area contributed by atoms with Crippen molar-refractivity contribution in [2.45, 2.75) is 19.2 Å². The lowest BCUT2D eigenvalue weighted by atomic mass is 9.95. The molecule has 1 atom stereocenters. The molecule has 0 nitrogen and oxygen atoms in total. The van der Waals surface area contributed by atoms with Crippen LogP contribution < -0.4 is 0 Å². The molecule has 2 rings (SSSR count). The Labute approximate surface area is 121 Å². The molecule has 0 saturated heterocycles. The molecule has 0 aliphatic carbocycles. The highest BCUT2D eigenvalue weighted by Crippen LogP contribution is 2.38. The van der Waals surface area contributed by atoms with Crippen molar-refractivity contribution in [2.75, 3.05) is 0 Å². The minimum Gasteiger partial charge on any atom is -0.207 e. The van der Waals surface area contributed by atoms with Crippen LogP contribution in [-0.2, 0) is 0 Å². The van der Waals surface area contributed by atoms with Gasteiger partial charge < -0.3 is 0 Å². The van der Waals surface area contributed by atoms with Gasteiger partial charge in [-0.3, -0.25) is 0 Å². The molecule has 0 N–H and O–H groups in total. The molecule has 0 aliphatic heterocycles. The summed E-state index contributed by atoms with van der Waals surface area (Å²) in [4.78, 5) is 0. The van der Waals surface area contributed by atoms with Gasteiger partial charge in [0, 0.05) is 10.6 Å². The Hall–Kier alpha value is -1.12. The maximum atomic E-state index is 13.9. The summed E-state index contributed by atoms with van der Waals surface area (Å²) >= 11 is 12.4. The SMILES string of the molecule is Cc1cc(F)cc(C)c1C(Cl)c1c(F)cccc1Cl. The minimum absolute atomic E-state index is 0.226. The van der Waals surface area contributed by atoms with Crippen LogP contribution in [-0.4, -0.2) is 0 Å². The molecule has 0 aromatic heterocycles. The van der Waals surface area contributed by atoms with Gasteiger partial charge in [-0.2, -0.15) is 0 Å². The fourth-order valence-corrected chi connectivity index (χ4v) is 3.11. The van der Waals surface area contributed by atoms with Gasteiger partial charge in [0.05, 0.1) is 5.38 Å². The van der Waals surface area contributed by atoms with Gasteiger partial charge in [-0.25, -0.2) is 8.78 Å². The Bertz CT molecular complexity index is 580. The van der Waals surface area contributed by atoms with Crippen LogP contribution in [0.3, 0.4) is 0 Å². The standard InChI is InChI=1S/C15H12Cl2F2/c1-8-6-10(18)7-9(2)13(8)15(17)14-11(16)4-3-5-12(14)19/h3-7,15H,1-2H3. The van der Waals surface area contributed by atoms with Gasteiger partial charge in [0.25, 0.3) is 0 Å². The highest BCUT2D eigenvalue weighted by molar-refractivity contribution is 6.33. The molecule has 4 heteroatoms. The molecule has 0 spiro atoms. The fourth-order valence-electron chi connectivity index (χ4n) is 2.22. The average Bonchev–Trinajstić information content (AvgIpc) is 2.26. The zero-order chi connectivity index (χ0) is 14.2. The minimum atomic E-state index is -0.741. The maximum Gasteiger partial charge on any atom is 0.129 e. The lowest BCUT2D eigenvalue weighted by molar-refractivity contribution is 0.611. The second kappa shape index (κ2) is 5.48. The van der Waals surface area contributed by atoms with Crippen LogP contribution in [0.4, 0.5) is 8.78 Å². The van der Waals surface area contributed by atoms with Crippen LogP contribution in [0.25, 0.3) is 0 Å². The molecular weight excluding hydrogens is 289 g/mol. The number of rotatable bonds is 2. The Balaban J connectivity index is 2.60. The molecule has 0 aliphatic rings. The summed E-state index contributed by atoms with van der Waals surface area (Å²) < 4.78 is 27.2. The number of halogens is 4. The van der Waals surface area contributed by atoms with E-state index in [0.717, 1.165) is 0 Å². The van der Waals surface area contributed by atoms with Crippen molar-refractivity contribution in [3.8, 4) is 0 Å². The molecule has 0 fully saturated rings. The largest absolute Gasteiger partial charge is 0.207 e. The fraction of sp³-hybridized carbons (Fsp3) is 0.200. The highest BCUT2D eigenvalue weighted by atomic mass is 35.5. The number of hydrogen-bond acceptors (Lipinski definition) is 0. The summed E-state index contributed by atoms with van der Waals surface area (Å²) in [6.45, 7) is 3.49. The number of hydrogen-bond donors (Lipinski definition) is 0. The van der Waals surface area contributed by atoms with Crippen LogP contribution in [0.15, 0.2) is 30.3 Å². The number of alkyl halides is 1. The zero-order valence-electron chi connectivity index (χ0n) is 10.5. The van der Waals surface area contributed by atoms with E-state index in [0.29, 0.717) is 16.7 Å². The molecule has 100 valence electrons. The third-order valence-electron chi connectivity index (χ3n) is 3.07. The normalized spacial score (nSPS) is 12.5. The quantitative estimate of drug-likeness (QED) is 0.637. The predicted molar refractivity (Wildman–Crippen MR) is 75.0 cm³/mol. The molecule has 0 radical (unpaired) electrons. The summed E-state index contributed by atoms with van der Waals surface area (Å²) in [5.41, 5.74) is 2.27. The molecule has 2 aromatic carbocycles. The molecule has 19 heavy (non-hydrogen) atoms. The van der Waals surface area contributed by atoms with Crippen LogP contribution in [0.5, 0.6) is 0 Å². The Morgan fingerprint density at radius 2 is 1.58 bits per heavy atom. The van der Waals surface area contributed by atoms with E-state index in [1.54, 1.807) is 19.9 Å². The van der Waals surface area contributed by atoms with Gasteiger partial charge in [-0.05, 0) is 54.8 Å². The van der Waals surface area contributed by atoms with Crippen molar-refractivity contribution < 1.29 is 8.78 Å². The molecule has 2 aromatic rings. The van der Waals surface area contributed by atoms with Crippen LogP contribution in [0, 0.1) is 25.5 Å². The smallest absolute Gasteiger partial charge is 0.129 e. The van der Waals surface area contributed by atoms with E-state index in [-0.39, 0.29) is 16.4 Å². The lowest BCUT2D eigenvalue weighted by Crippen LogP contribution is -2.03. The second-order valence-electron chi connectivity index (χ2n) is 4.45. The van der Waals surface area contributed by atoms with E-state index in [1.165, 1.54) is 24.3 Å². The number of aryl methyl sites for hydroxylation is 2. The van der Waals surface area contributed by atoms with Crippen molar-refractivity contribution >= 4 is 23.2 Å². The molecule has 0 amide bonds. The first-order valence-electron chi connectivity index (χ1n) is 5.76. The van der Waals surface area contributed by atoms with Gasteiger partial charge in [0.15, 0.2) is 0 Å². The van der Waals surface area contributed by atoms with Crippen LogP contribution in [0.2, 0.25) is 5.02 Å². The topological polar surface area (TPSA) is 0 Å². The summed E-state index contributed by atoms with van der Waals surface area (Å²) in [6.07, 6.45) is 0. The van der Waals surface area contributed by atoms with Crippen molar-refractivity contribution in [3.05, 3.63) is 69.2 Å². The van der Waals surface area contributed by atoms with E-state index >= 15 is 0 Å². The first-order chi connectivity index (χ1) is 8.91. The Kier molecular flexibility index (Phi) is 4.12. The van der Waals surface area contributed by atoms with Crippen LogP contribution >= 0.6 is 23.2 Å². The van der Waals surface area contributed by atoms with E-state index in [1.807, 2.05) is 0 Å². The average molecular weight is 301 g/mol. The summed E-state index contributed by atoms with van der Waals surface area (Å²) in [7, 11) is 0. The third kappa shape index (κ3) is 2.75. The van der Waals surface area contributed by atoms with E-state index in [9.17, 15) is 8.78 Å². The highest BCUT2D eigenvalue weighted by Gasteiger charge is 2.22. The van der Waals surface area contributed by atoms with Gasteiger partial charge in [0.1, 0.15) is 11.6 Å². The van der Waals surface area contributed by atoms with Crippen LogP contribution in [0.1, 0.15) is 27.6 Å². The van der Waals surface area contributed by atoms with E-state index in [4.69, 9.17) is 23.2 Å². The van der Waals surface area contributed by atoms with Gasteiger partial charge in [-0.15, -0.1) is 11.6 Å². The van der Waals surface area contributed by atoms with Gasteiger partial charge in [0.2, 0.25) is 0 Å². The van der Waals surface area contributed by atoms with E-state index < -0.39 is 11.2 Å². The molecular formula is C15H12Cl2F2. The Morgan fingerprint density at radius 3 is 2.11 bits per heavy atom. The van der Waals surface area contributed by atoms with Gasteiger partial charge in [-0.1, -0.05) is 17.7 Å². The van der Waals surface area contributed by atoms with Gasteiger partial charge >= 0.3 is 0 Å². The van der Waals surface area contributed by atoms with E-state index in [2.05, 4.69) is 0 Å². The second-order valence-corrected chi connectivity index (χ2v) is 5.29. The molecule has 0 heterocycles. The first kappa shape index (κ1) is 14.3. The summed E-state index contributed by atoms with van der Waals surface area (Å²) in [6, 6.07) is 7.18. The summed E-state index contributed by atoms with van der Waals surface area (Å²) in [5, 5.41) is -0.475. The van der Waals surface area contributed by atoms with Crippen molar-refractivity contribution in [2.24, 2.45) is 0 Å². The lowest BCUT2D eigenvalue weighted by Gasteiger charge is -2.18. The molecule has 0 saturated carbocycles.